The van der Waals surface area contributed by atoms with Crippen LogP contribution in [0.4, 0.5) is 0 Å². The Morgan fingerprint density at radius 3 is 2.77 bits per heavy atom. The lowest BCUT2D eigenvalue weighted by atomic mass is 10.0. The van der Waals surface area contributed by atoms with Gasteiger partial charge in [-0.3, -0.25) is 9.59 Å². The summed E-state index contributed by atoms with van der Waals surface area (Å²) in [5.41, 5.74) is 0. The number of hydrogen-bond donors (Lipinski definition) is 0. The standard InChI is InChI=1S/C9H10O4/c10-6-2-1-3-7-9(6)12-5-4-8(11)13-7/h1-5H2. The first-order chi connectivity index (χ1) is 6.27. The van der Waals surface area contributed by atoms with E-state index in [4.69, 9.17) is 9.47 Å². The van der Waals surface area contributed by atoms with Crippen LogP contribution in [0, 0.1) is 0 Å². The summed E-state index contributed by atoms with van der Waals surface area (Å²) in [5.74, 6) is 0.353. The van der Waals surface area contributed by atoms with Crippen LogP contribution in [0.25, 0.3) is 0 Å². The van der Waals surface area contributed by atoms with E-state index in [1.54, 1.807) is 0 Å². The van der Waals surface area contributed by atoms with Gasteiger partial charge >= 0.3 is 5.97 Å². The minimum Gasteiger partial charge on any atom is -0.486 e. The lowest BCUT2D eigenvalue weighted by Gasteiger charge is -2.15. The zero-order chi connectivity index (χ0) is 9.26. The third kappa shape index (κ3) is 1.56. The fraction of sp³-hybridized carbons (Fsp3) is 0.556. The molecule has 13 heavy (non-hydrogen) atoms. The highest BCUT2D eigenvalue weighted by molar-refractivity contribution is 5.95. The van der Waals surface area contributed by atoms with Gasteiger partial charge in [0.15, 0.2) is 5.76 Å². The quantitative estimate of drug-likeness (QED) is 0.522. The van der Waals surface area contributed by atoms with Gasteiger partial charge in [-0.15, -0.1) is 0 Å². The molecule has 1 aliphatic carbocycles. The lowest BCUT2D eigenvalue weighted by molar-refractivity contribution is -0.139. The topological polar surface area (TPSA) is 52.6 Å². The molecule has 0 bridgehead atoms. The van der Waals surface area contributed by atoms with Crippen molar-refractivity contribution in [1.82, 2.24) is 0 Å². The minimum absolute atomic E-state index is 0.0454. The Labute approximate surface area is 75.5 Å². The summed E-state index contributed by atoms with van der Waals surface area (Å²) in [6.07, 6.45) is 2.10. The molecule has 2 aliphatic rings. The molecule has 0 saturated carbocycles. The highest BCUT2D eigenvalue weighted by Gasteiger charge is 2.27. The van der Waals surface area contributed by atoms with Gasteiger partial charge in [-0.1, -0.05) is 0 Å². The van der Waals surface area contributed by atoms with Gasteiger partial charge in [-0.25, -0.2) is 0 Å². The monoisotopic (exact) mass is 182 g/mol. The maximum atomic E-state index is 11.3. The van der Waals surface area contributed by atoms with E-state index < -0.39 is 0 Å². The van der Waals surface area contributed by atoms with Gasteiger partial charge in [0.1, 0.15) is 0 Å². The third-order valence-corrected chi connectivity index (χ3v) is 2.10. The van der Waals surface area contributed by atoms with Gasteiger partial charge in [0.25, 0.3) is 0 Å². The SMILES string of the molecule is O=C1CCOC2=C(CCCC2=O)O1. The highest BCUT2D eigenvalue weighted by Crippen LogP contribution is 2.26. The summed E-state index contributed by atoms with van der Waals surface area (Å²) in [7, 11) is 0. The van der Waals surface area contributed by atoms with E-state index in [1.165, 1.54) is 0 Å². The highest BCUT2D eigenvalue weighted by atomic mass is 16.6. The Morgan fingerprint density at radius 2 is 1.92 bits per heavy atom. The Balaban J connectivity index is 2.28. The molecule has 0 unspecified atom stereocenters. The molecule has 0 aromatic rings. The number of rotatable bonds is 0. The number of ether oxygens (including phenoxy) is 2. The van der Waals surface area contributed by atoms with E-state index in [0.717, 1.165) is 6.42 Å². The molecular weight excluding hydrogens is 172 g/mol. The van der Waals surface area contributed by atoms with Crippen molar-refractivity contribution < 1.29 is 19.1 Å². The summed E-state index contributed by atoms with van der Waals surface area (Å²) in [4.78, 5) is 22.3. The summed E-state index contributed by atoms with van der Waals surface area (Å²) >= 11 is 0. The van der Waals surface area contributed by atoms with Crippen molar-refractivity contribution in [3.63, 3.8) is 0 Å². The predicted octanol–water partition coefficient (Wildman–Crippen LogP) is 0.915. The van der Waals surface area contributed by atoms with E-state index in [1.807, 2.05) is 0 Å². The Kier molecular flexibility index (Phi) is 2.04. The molecule has 1 aliphatic heterocycles. The number of hydrogen-bond acceptors (Lipinski definition) is 4. The molecule has 4 heteroatoms. The van der Waals surface area contributed by atoms with Crippen molar-refractivity contribution in [3.8, 4) is 0 Å². The van der Waals surface area contributed by atoms with Crippen LogP contribution in [0.1, 0.15) is 25.7 Å². The third-order valence-electron chi connectivity index (χ3n) is 2.10. The summed E-state index contributed by atoms with van der Waals surface area (Å²) in [6.45, 7) is 0.253. The van der Waals surface area contributed by atoms with E-state index >= 15 is 0 Å². The zero-order valence-corrected chi connectivity index (χ0v) is 7.17. The zero-order valence-electron chi connectivity index (χ0n) is 7.17. The smallest absolute Gasteiger partial charge is 0.314 e. The lowest BCUT2D eigenvalue weighted by Crippen LogP contribution is -2.14. The van der Waals surface area contributed by atoms with Gasteiger partial charge in [0, 0.05) is 12.8 Å². The van der Waals surface area contributed by atoms with Gasteiger partial charge in [-0.2, -0.15) is 0 Å². The van der Waals surface area contributed by atoms with E-state index in [-0.39, 0.29) is 30.5 Å². The first-order valence-corrected chi connectivity index (χ1v) is 4.37. The van der Waals surface area contributed by atoms with E-state index in [0.29, 0.717) is 18.6 Å². The van der Waals surface area contributed by atoms with Crippen LogP contribution in [0.3, 0.4) is 0 Å². The summed E-state index contributed by atoms with van der Waals surface area (Å²) < 4.78 is 10.2. The Bertz CT molecular complexity index is 290. The molecule has 2 rings (SSSR count). The maximum absolute atomic E-state index is 11.3. The number of esters is 1. The number of Topliss-reactive ketones (excluding diaryl/α,β-unsaturated/α-hetero) is 1. The second-order valence-corrected chi connectivity index (χ2v) is 3.10. The Hall–Kier alpha value is -1.32. The van der Waals surface area contributed by atoms with Crippen molar-refractivity contribution in [1.29, 1.82) is 0 Å². The van der Waals surface area contributed by atoms with Crippen LogP contribution in [0.2, 0.25) is 0 Å². The van der Waals surface area contributed by atoms with Crippen molar-refractivity contribution in [3.05, 3.63) is 11.5 Å². The average Bonchev–Trinajstić information content (AvgIpc) is 2.27. The van der Waals surface area contributed by atoms with E-state index in [9.17, 15) is 9.59 Å². The average molecular weight is 182 g/mol. The molecule has 4 nitrogen and oxygen atoms in total. The largest absolute Gasteiger partial charge is 0.486 e. The van der Waals surface area contributed by atoms with E-state index in [2.05, 4.69) is 0 Å². The van der Waals surface area contributed by atoms with Crippen LogP contribution in [0.5, 0.6) is 0 Å². The minimum atomic E-state index is -0.306. The molecule has 0 fully saturated rings. The molecule has 0 spiro atoms. The van der Waals surface area contributed by atoms with Crippen LogP contribution >= 0.6 is 0 Å². The van der Waals surface area contributed by atoms with Crippen LogP contribution in [0.15, 0.2) is 11.5 Å². The number of ketones is 1. The van der Waals surface area contributed by atoms with Crippen LogP contribution in [-0.4, -0.2) is 18.4 Å². The first kappa shape index (κ1) is 8.29. The molecule has 0 radical (unpaired) electrons. The molecule has 0 atom stereocenters. The molecule has 1 heterocycles. The van der Waals surface area contributed by atoms with Crippen LogP contribution < -0.4 is 0 Å². The number of allylic oxidation sites excluding steroid dienone is 2. The van der Waals surface area contributed by atoms with Crippen molar-refractivity contribution >= 4 is 11.8 Å². The summed E-state index contributed by atoms with van der Waals surface area (Å²) in [5, 5.41) is 0. The fourth-order valence-electron chi connectivity index (χ4n) is 1.48. The van der Waals surface area contributed by atoms with Gasteiger partial charge in [-0.05, 0) is 6.42 Å². The molecule has 70 valence electrons. The van der Waals surface area contributed by atoms with Crippen molar-refractivity contribution in [2.45, 2.75) is 25.7 Å². The molecule has 0 aromatic heterocycles. The normalized spacial score (nSPS) is 23.1. The second-order valence-electron chi connectivity index (χ2n) is 3.10. The van der Waals surface area contributed by atoms with Crippen molar-refractivity contribution in [2.24, 2.45) is 0 Å². The fourth-order valence-corrected chi connectivity index (χ4v) is 1.48. The second kappa shape index (κ2) is 3.20. The first-order valence-electron chi connectivity index (χ1n) is 4.37. The van der Waals surface area contributed by atoms with Crippen LogP contribution in [-0.2, 0) is 19.1 Å². The molecule has 0 N–H and O–H groups in total. The van der Waals surface area contributed by atoms with Crippen molar-refractivity contribution in [2.75, 3.05) is 6.61 Å². The number of carbonyl (C=O) groups excluding carboxylic acids is 2. The molecular formula is C9H10O4. The van der Waals surface area contributed by atoms with Gasteiger partial charge < -0.3 is 9.47 Å². The molecule has 0 aromatic carbocycles. The van der Waals surface area contributed by atoms with Gasteiger partial charge in [0.2, 0.25) is 11.5 Å². The Morgan fingerprint density at radius 1 is 1.08 bits per heavy atom. The predicted molar refractivity (Wildman–Crippen MR) is 42.5 cm³/mol. The van der Waals surface area contributed by atoms with Gasteiger partial charge in [0.05, 0.1) is 13.0 Å². The summed E-state index contributed by atoms with van der Waals surface area (Å²) in [6, 6.07) is 0. The molecule has 0 saturated heterocycles. The molecule has 0 amide bonds. The number of carbonyl (C=O) groups is 2. The maximum Gasteiger partial charge on any atom is 0.314 e.